The average molecular weight is 379 g/mol. The molecule has 4 amide bonds. The van der Waals surface area contributed by atoms with Crippen molar-refractivity contribution < 1.29 is 14.4 Å². The molecule has 1 fully saturated rings. The van der Waals surface area contributed by atoms with Crippen LogP contribution in [-0.2, 0) is 16.0 Å². The Bertz CT molecular complexity index is 849. The van der Waals surface area contributed by atoms with Crippen LogP contribution in [0.2, 0.25) is 0 Å². The summed E-state index contributed by atoms with van der Waals surface area (Å²) >= 11 is 0. The van der Waals surface area contributed by atoms with E-state index >= 15 is 0 Å². The van der Waals surface area contributed by atoms with Crippen molar-refractivity contribution in [3.8, 4) is 0 Å². The Morgan fingerprint density at radius 2 is 1.71 bits per heavy atom. The van der Waals surface area contributed by atoms with Crippen molar-refractivity contribution in [1.29, 1.82) is 0 Å². The predicted molar refractivity (Wildman–Crippen MR) is 108 cm³/mol. The molecular formula is C22H25N3O3. The van der Waals surface area contributed by atoms with E-state index in [-0.39, 0.29) is 18.4 Å². The first-order valence-corrected chi connectivity index (χ1v) is 9.49. The molecule has 0 radical (unpaired) electrons. The van der Waals surface area contributed by atoms with Gasteiger partial charge in [0.2, 0.25) is 5.91 Å². The highest BCUT2D eigenvalue weighted by Gasteiger charge is 2.43. The number of rotatable bonds is 7. The van der Waals surface area contributed by atoms with Gasteiger partial charge in [0.25, 0.3) is 5.91 Å². The van der Waals surface area contributed by atoms with Crippen LogP contribution in [0.4, 0.5) is 10.5 Å². The summed E-state index contributed by atoms with van der Waals surface area (Å²) in [6.07, 6.45) is 1.66. The zero-order valence-corrected chi connectivity index (χ0v) is 16.2. The standard InChI is InChI=1S/C22H25N3O3/c1-16-10-12-19(13-11-16)25-17(2)21(27)24(22(25)28)15-20(26)23-14-6-9-18-7-4-3-5-8-18/h3-5,7-8,10-13,17H,6,9,14-15H2,1-2H3,(H,23,26)/t17-/m0/s1. The third-order valence-electron chi connectivity index (χ3n) is 4.87. The highest BCUT2D eigenvalue weighted by Crippen LogP contribution is 2.25. The summed E-state index contributed by atoms with van der Waals surface area (Å²) in [5, 5.41) is 2.79. The van der Waals surface area contributed by atoms with Gasteiger partial charge >= 0.3 is 6.03 Å². The number of amides is 4. The van der Waals surface area contributed by atoms with Gasteiger partial charge in [0.1, 0.15) is 12.6 Å². The van der Waals surface area contributed by atoms with Crippen LogP contribution in [0.25, 0.3) is 0 Å². The fraction of sp³-hybridized carbons (Fsp3) is 0.318. The number of carbonyl (C=O) groups excluding carboxylic acids is 3. The maximum Gasteiger partial charge on any atom is 0.332 e. The summed E-state index contributed by atoms with van der Waals surface area (Å²) in [7, 11) is 0. The first-order valence-electron chi connectivity index (χ1n) is 9.49. The zero-order valence-electron chi connectivity index (χ0n) is 16.2. The summed E-state index contributed by atoms with van der Waals surface area (Å²) in [5.74, 6) is -0.683. The second kappa shape index (κ2) is 8.69. The second-order valence-electron chi connectivity index (χ2n) is 7.03. The molecule has 1 heterocycles. The van der Waals surface area contributed by atoms with Crippen molar-refractivity contribution in [3.05, 3.63) is 65.7 Å². The van der Waals surface area contributed by atoms with E-state index in [1.165, 1.54) is 10.5 Å². The maximum absolute atomic E-state index is 12.7. The first-order chi connectivity index (χ1) is 13.5. The fourth-order valence-electron chi connectivity index (χ4n) is 3.28. The molecule has 1 saturated heterocycles. The molecule has 2 aromatic rings. The van der Waals surface area contributed by atoms with Crippen molar-refractivity contribution in [1.82, 2.24) is 10.2 Å². The number of benzene rings is 2. The third-order valence-corrected chi connectivity index (χ3v) is 4.87. The number of nitrogens with one attached hydrogen (secondary N) is 1. The number of nitrogens with zero attached hydrogens (tertiary/aromatic N) is 2. The van der Waals surface area contributed by atoms with Gasteiger partial charge in [-0.15, -0.1) is 0 Å². The molecule has 2 aromatic carbocycles. The lowest BCUT2D eigenvalue weighted by Gasteiger charge is -2.19. The summed E-state index contributed by atoms with van der Waals surface area (Å²) in [5.41, 5.74) is 2.94. The van der Waals surface area contributed by atoms with Crippen molar-refractivity contribution in [3.63, 3.8) is 0 Å². The second-order valence-corrected chi connectivity index (χ2v) is 7.03. The van der Waals surface area contributed by atoms with E-state index in [0.29, 0.717) is 12.2 Å². The normalized spacial score (nSPS) is 16.6. The van der Waals surface area contributed by atoms with E-state index < -0.39 is 12.1 Å². The van der Waals surface area contributed by atoms with Crippen LogP contribution < -0.4 is 10.2 Å². The number of imide groups is 1. The van der Waals surface area contributed by atoms with E-state index in [4.69, 9.17) is 0 Å². The predicted octanol–water partition coefficient (Wildman–Crippen LogP) is 2.90. The Morgan fingerprint density at radius 1 is 1.04 bits per heavy atom. The molecule has 6 heteroatoms. The van der Waals surface area contributed by atoms with Crippen molar-refractivity contribution in [2.75, 3.05) is 18.0 Å². The average Bonchev–Trinajstić information content (AvgIpc) is 2.90. The summed E-state index contributed by atoms with van der Waals surface area (Å²) in [6.45, 7) is 3.88. The molecule has 0 unspecified atom stereocenters. The van der Waals surface area contributed by atoms with Crippen molar-refractivity contribution in [2.24, 2.45) is 0 Å². The van der Waals surface area contributed by atoms with Gasteiger partial charge in [-0.3, -0.25) is 19.4 Å². The highest BCUT2D eigenvalue weighted by molar-refractivity contribution is 6.15. The Balaban J connectivity index is 1.53. The number of hydrogen-bond acceptors (Lipinski definition) is 3. The molecule has 0 aliphatic carbocycles. The summed E-state index contributed by atoms with van der Waals surface area (Å²) in [6, 6.07) is 16.4. The molecule has 28 heavy (non-hydrogen) atoms. The molecular weight excluding hydrogens is 354 g/mol. The summed E-state index contributed by atoms with van der Waals surface area (Å²) in [4.78, 5) is 39.9. The Labute approximate surface area is 165 Å². The van der Waals surface area contributed by atoms with Crippen LogP contribution in [-0.4, -0.2) is 41.9 Å². The van der Waals surface area contributed by atoms with E-state index in [1.54, 1.807) is 6.92 Å². The SMILES string of the molecule is Cc1ccc(N2C(=O)N(CC(=O)NCCCc3ccccc3)C(=O)[C@@H]2C)cc1. The van der Waals surface area contributed by atoms with Gasteiger partial charge in [0, 0.05) is 12.2 Å². The van der Waals surface area contributed by atoms with Gasteiger partial charge in [0.15, 0.2) is 0 Å². The van der Waals surface area contributed by atoms with Gasteiger partial charge in [-0.1, -0.05) is 48.0 Å². The van der Waals surface area contributed by atoms with E-state index in [0.717, 1.165) is 23.3 Å². The van der Waals surface area contributed by atoms with Crippen LogP contribution in [0.5, 0.6) is 0 Å². The number of urea groups is 1. The quantitative estimate of drug-likeness (QED) is 0.594. The topological polar surface area (TPSA) is 69.7 Å². The fourth-order valence-corrected chi connectivity index (χ4v) is 3.28. The molecule has 0 saturated carbocycles. The molecule has 0 spiro atoms. The first kappa shape index (κ1) is 19.6. The number of aryl methyl sites for hydroxylation is 2. The van der Waals surface area contributed by atoms with Crippen molar-refractivity contribution >= 4 is 23.5 Å². The van der Waals surface area contributed by atoms with Crippen LogP contribution in [0.15, 0.2) is 54.6 Å². The monoisotopic (exact) mass is 379 g/mol. The van der Waals surface area contributed by atoms with Crippen LogP contribution in [0.1, 0.15) is 24.5 Å². The largest absolute Gasteiger partial charge is 0.355 e. The molecule has 1 atom stereocenters. The molecule has 1 aliphatic heterocycles. The van der Waals surface area contributed by atoms with Crippen molar-refractivity contribution in [2.45, 2.75) is 32.7 Å². The Kier molecular flexibility index (Phi) is 6.09. The lowest BCUT2D eigenvalue weighted by molar-refractivity contribution is -0.131. The van der Waals surface area contributed by atoms with Gasteiger partial charge in [0.05, 0.1) is 0 Å². The molecule has 0 bridgehead atoms. The molecule has 1 aliphatic rings. The minimum atomic E-state index is -0.624. The van der Waals surface area contributed by atoms with Gasteiger partial charge in [-0.25, -0.2) is 4.79 Å². The highest BCUT2D eigenvalue weighted by atomic mass is 16.2. The van der Waals surface area contributed by atoms with Crippen LogP contribution >= 0.6 is 0 Å². The van der Waals surface area contributed by atoms with E-state index in [1.807, 2.05) is 61.5 Å². The molecule has 146 valence electrons. The Hall–Kier alpha value is -3.15. The van der Waals surface area contributed by atoms with Crippen LogP contribution in [0, 0.1) is 6.92 Å². The lowest BCUT2D eigenvalue weighted by Crippen LogP contribution is -2.41. The minimum absolute atomic E-state index is 0.254. The molecule has 6 nitrogen and oxygen atoms in total. The Morgan fingerprint density at radius 3 is 2.39 bits per heavy atom. The summed E-state index contributed by atoms with van der Waals surface area (Å²) < 4.78 is 0. The molecule has 3 rings (SSSR count). The van der Waals surface area contributed by atoms with Gasteiger partial charge < -0.3 is 5.32 Å². The van der Waals surface area contributed by atoms with E-state index in [9.17, 15) is 14.4 Å². The molecule has 1 N–H and O–H groups in total. The zero-order chi connectivity index (χ0) is 20.1. The third kappa shape index (κ3) is 4.39. The lowest BCUT2D eigenvalue weighted by atomic mass is 10.1. The minimum Gasteiger partial charge on any atom is -0.355 e. The maximum atomic E-state index is 12.7. The molecule has 0 aromatic heterocycles. The van der Waals surface area contributed by atoms with E-state index in [2.05, 4.69) is 5.32 Å². The number of carbonyl (C=O) groups is 3. The van der Waals surface area contributed by atoms with Crippen LogP contribution in [0.3, 0.4) is 0 Å². The van der Waals surface area contributed by atoms with Gasteiger partial charge in [-0.2, -0.15) is 0 Å². The smallest absolute Gasteiger partial charge is 0.332 e. The van der Waals surface area contributed by atoms with Gasteiger partial charge in [-0.05, 0) is 44.4 Å². The number of anilines is 1. The number of hydrogen-bond donors (Lipinski definition) is 1.